The van der Waals surface area contributed by atoms with Crippen LogP contribution in [0.4, 0.5) is 5.69 Å². The zero-order valence-corrected chi connectivity index (χ0v) is 17.6. The molecule has 0 N–H and O–H groups in total. The Morgan fingerprint density at radius 1 is 1.33 bits per heavy atom. The van der Waals surface area contributed by atoms with Gasteiger partial charge in [0.2, 0.25) is 0 Å². The SMILES string of the molecule is CN(C)CCOc1ccc(Br)c(N2CCC(c3nncn3C)CC2)c1C#N. The maximum atomic E-state index is 9.79. The van der Waals surface area contributed by atoms with Crippen LogP contribution in [0, 0.1) is 11.3 Å². The molecule has 7 nitrogen and oxygen atoms in total. The van der Waals surface area contributed by atoms with Crippen molar-refractivity contribution in [1.82, 2.24) is 19.7 Å². The largest absolute Gasteiger partial charge is 0.491 e. The molecule has 2 heterocycles. The summed E-state index contributed by atoms with van der Waals surface area (Å²) in [5.74, 6) is 2.08. The number of halogens is 1. The van der Waals surface area contributed by atoms with Gasteiger partial charge in [-0.2, -0.15) is 5.26 Å². The van der Waals surface area contributed by atoms with Crippen LogP contribution in [0.2, 0.25) is 0 Å². The van der Waals surface area contributed by atoms with Gasteiger partial charge in [0.05, 0.1) is 5.69 Å². The second-order valence-electron chi connectivity index (χ2n) is 7.09. The van der Waals surface area contributed by atoms with Crippen LogP contribution in [0.25, 0.3) is 0 Å². The van der Waals surface area contributed by atoms with E-state index in [2.05, 4.69) is 42.0 Å². The Bertz CT molecular complexity index is 820. The molecule has 1 aromatic carbocycles. The van der Waals surface area contributed by atoms with Crippen molar-refractivity contribution < 1.29 is 4.74 Å². The summed E-state index contributed by atoms with van der Waals surface area (Å²) in [6.07, 6.45) is 3.71. The molecule has 1 aliphatic heterocycles. The summed E-state index contributed by atoms with van der Waals surface area (Å²) in [6, 6.07) is 6.19. The fourth-order valence-electron chi connectivity index (χ4n) is 3.45. The number of aromatic nitrogens is 3. The average Bonchev–Trinajstić information content (AvgIpc) is 3.08. The minimum absolute atomic E-state index is 0.401. The first-order valence-electron chi connectivity index (χ1n) is 9.10. The molecule has 27 heavy (non-hydrogen) atoms. The molecule has 8 heteroatoms. The summed E-state index contributed by atoms with van der Waals surface area (Å²) in [5.41, 5.74) is 1.52. The lowest BCUT2D eigenvalue weighted by atomic mass is 9.95. The van der Waals surface area contributed by atoms with Gasteiger partial charge in [0.1, 0.15) is 36.1 Å². The number of nitriles is 1. The maximum Gasteiger partial charge on any atom is 0.139 e. The number of hydrogen-bond acceptors (Lipinski definition) is 6. The van der Waals surface area contributed by atoms with Gasteiger partial charge in [-0.1, -0.05) is 0 Å². The highest BCUT2D eigenvalue weighted by molar-refractivity contribution is 9.10. The van der Waals surface area contributed by atoms with Gasteiger partial charge < -0.3 is 19.1 Å². The number of anilines is 1. The molecule has 0 unspecified atom stereocenters. The molecule has 2 aromatic rings. The number of nitrogens with zero attached hydrogens (tertiary/aromatic N) is 6. The first kappa shape index (κ1) is 19.6. The van der Waals surface area contributed by atoms with Gasteiger partial charge in [-0.25, -0.2) is 0 Å². The van der Waals surface area contributed by atoms with Crippen LogP contribution in [0.3, 0.4) is 0 Å². The molecular formula is C19H25BrN6O. The summed E-state index contributed by atoms with van der Waals surface area (Å²) in [5, 5.41) is 18.0. The third-order valence-electron chi connectivity index (χ3n) is 4.92. The van der Waals surface area contributed by atoms with E-state index in [0.29, 0.717) is 23.8 Å². The second kappa shape index (κ2) is 8.72. The van der Waals surface area contributed by atoms with Gasteiger partial charge in [-0.15, -0.1) is 10.2 Å². The Kier molecular flexibility index (Phi) is 6.34. The number of likely N-dealkylation sites (N-methyl/N-ethyl adjacent to an activating group) is 1. The van der Waals surface area contributed by atoms with Crippen molar-refractivity contribution in [3.8, 4) is 11.8 Å². The minimum atomic E-state index is 0.401. The Morgan fingerprint density at radius 3 is 2.67 bits per heavy atom. The van der Waals surface area contributed by atoms with Crippen LogP contribution in [0.15, 0.2) is 22.9 Å². The molecule has 144 valence electrons. The number of benzene rings is 1. The first-order chi connectivity index (χ1) is 13.0. The number of piperidine rings is 1. The third-order valence-corrected chi connectivity index (χ3v) is 5.56. The van der Waals surface area contributed by atoms with Crippen molar-refractivity contribution in [2.45, 2.75) is 18.8 Å². The Balaban J connectivity index is 1.76. The van der Waals surface area contributed by atoms with E-state index < -0.39 is 0 Å². The van der Waals surface area contributed by atoms with Crippen molar-refractivity contribution in [3.63, 3.8) is 0 Å². The highest BCUT2D eigenvalue weighted by atomic mass is 79.9. The lowest BCUT2D eigenvalue weighted by molar-refractivity contribution is 0.261. The molecule has 1 aliphatic rings. The van der Waals surface area contributed by atoms with Crippen molar-refractivity contribution >= 4 is 21.6 Å². The summed E-state index contributed by atoms with van der Waals surface area (Å²) < 4.78 is 8.81. The van der Waals surface area contributed by atoms with Crippen LogP contribution < -0.4 is 9.64 Å². The van der Waals surface area contributed by atoms with Crippen LogP contribution in [0.1, 0.15) is 30.1 Å². The Morgan fingerprint density at radius 2 is 2.07 bits per heavy atom. The standard InChI is InChI=1S/C19H25BrN6O/c1-24(2)10-11-27-17-5-4-16(20)18(15(17)12-21)26-8-6-14(7-9-26)19-23-22-13-25(19)3/h4-5,13-14H,6-11H2,1-3H3. The quantitative estimate of drug-likeness (QED) is 0.698. The Labute approximate surface area is 168 Å². The molecule has 0 radical (unpaired) electrons. The lowest BCUT2D eigenvalue weighted by Crippen LogP contribution is -2.34. The molecule has 3 rings (SSSR count). The molecule has 0 saturated carbocycles. The van der Waals surface area contributed by atoms with Crippen molar-refractivity contribution in [2.24, 2.45) is 7.05 Å². The smallest absolute Gasteiger partial charge is 0.139 e. The topological polar surface area (TPSA) is 70.2 Å². The maximum absolute atomic E-state index is 9.79. The predicted molar refractivity (Wildman–Crippen MR) is 108 cm³/mol. The van der Waals surface area contributed by atoms with E-state index in [4.69, 9.17) is 4.74 Å². The molecular weight excluding hydrogens is 408 g/mol. The zero-order chi connectivity index (χ0) is 19.4. The van der Waals surface area contributed by atoms with Gasteiger partial charge in [0.15, 0.2) is 0 Å². The van der Waals surface area contributed by atoms with E-state index in [1.54, 1.807) is 6.33 Å². The van der Waals surface area contributed by atoms with Gasteiger partial charge in [0, 0.05) is 37.1 Å². The predicted octanol–water partition coefficient (Wildman–Crippen LogP) is 2.77. The van der Waals surface area contributed by atoms with E-state index in [-0.39, 0.29) is 0 Å². The lowest BCUT2D eigenvalue weighted by Gasteiger charge is -2.34. The van der Waals surface area contributed by atoms with E-state index >= 15 is 0 Å². The summed E-state index contributed by atoms with van der Waals surface area (Å²) in [6.45, 7) is 3.09. The van der Waals surface area contributed by atoms with Gasteiger partial charge in [-0.3, -0.25) is 0 Å². The normalized spacial score (nSPS) is 15.2. The summed E-state index contributed by atoms with van der Waals surface area (Å²) >= 11 is 3.63. The van der Waals surface area contributed by atoms with Crippen LogP contribution in [-0.4, -0.2) is 60.0 Å². The average molecular weight is 433 g/mol. The van der Waals surface area contributed by atoms with Crippen molar-refractivity contribution in [2.75, 3.05) is 45.2 Å². The van der Waals surface area contributed by atoms with Crippen LogP contribution in [0.5, 0.6) is 5.75 Å². The fraction of sp³-hybridized carbons (Fsp3) is 0.526. The molecule has 1 saturated heterocycles. The highest BCUT2D eigenvalue weighted by Crippen LogP contribution is 2.39. The van der Waals surface area contributed by atoms with E-state index in [0.717, 1.165) is 48.5 Å². The van der Waals surface area contributed by atoms with E-state index in [1.165, 1.54) is 0 Å². The van der Waals surface area contributed by atoms with Gasteiger partial charge >= 0.3 is 0 Å². The molecule has 0 bridgehead atoms. The van der Waals surface area contributed by atoms with Gasteiger partial charge in [0.25, 0.3) is 0 Å². The van der Waals surface area contributed by atoms with E-state index in [1.807, 2.05) is 37.8 Å². The molecule has 0 spiro atoms. The first-order valence-corrected chi connectivity index (χ1v) is 9.89. The number of aryl methyl sites for hydroxylation is 1. The fourth-order valence-corrected chi connectivity index (χ4v) is 4.03. The monoisotopic (exact) mass is 432 g/mol. The third kappa shape index (κ3) is 4.42. The summed E-state index contributed by atoms with van der Waals surface area (Å²) in [7, 11) is 5.99. The van der Waals surface area contributed by atoms with Crippen LogP contribution in [-0.2, 0) is 7.05 Å². The molecule has 1 aromatic heterocycles. The number of hydrogen-bond donors (Lipinski definition) is 0. The molecule has 0 amide bonds. The number of ether oxygens (including phenoxy) is 1. The molecule has 0 atom stereocenters. The van der Waals surface area contributed by atoms with Crippen LogP contribution >= 0.6 is 15.9 Å². The molecule has 0 aliphatic carbocycles. The highest BCUT2D eigenvalue weighted by Gasteiger charge is 2.27. The van der Waals surface area contributed by atoms with Crippen molar-refractivity contribution in [1.29, 1.82) is 5.26 Å². The summed E-state index contributed by atoms with van der Waals surface area (Å²) in [4.78, 5) is 4.33. The van der Waals surface area contributed by atoms with Gasteiger partial charge in [-0.05, 0) is 55.0 Å². The Hall–Kier alpha value is -2.11. The van der Waals surface area contributed by atoms with E-state index in [9.17, 15) is 5.26 Å². The minimum Gasteiger partial charge on any atom is -0.491 e. The molecule has 1 fully saturated rings. The zero-order valence-electron chi connectivity index (χ0n) is 16.0. The van der Waals surface area contributed by atoms with Crippen molar-refractivity contribution in [3.05, 3.63) is 34.3 Å². The number of rotatable bonds is 6. The second-order valence-corrected chi connectivity index (χ2v) is 7.95.